The van der Waals surface area contributed by atoms with Crippen LogP contribution in [0.1, 0.15) is 6.42 Å². The molecule has 2 rings (SSSR count). The van der Waals surface area contributed by atoms with E-state index in [0.29, 0.717) is 39.4 Å². The highest BCUT2D eigenvalue weighted by Gasteiger charge is 2.35. The second-order valence-corrected chi connectivity index (χ2v) is 4.61. The fourth-order valence-corrected chi connectivity index (χ4v) is 2.20. The standard InChI is InChI=1S/C11H18N4O5/c16-9(17)7-8-10(18)12-1-2-15(8)11(19)13-14-3-5-20-6-4-14/h8H,1-7H2,(H,12,18)(H,13,19)(H,16,17). The zero-order chi connectivity index (χ0) is 14.5. The summed E-state index contributed by atoms with van der Waals surface area (Å²) in [6.45, 7) is 2.80. The molecule has 2 aliphatic heterocycles. The predicted octanol–water partition coefficient (Wildman–Crippen LogP) is -1.78. The number of carboxylic acids is 1. The molecule has 2 heterocycles. The number of aliphatic carboxylic acids is 1. The van der Waals surface area contributed by atoms with Gasteiger partial charge in [-0.1, -0.05) is 0 Å². The molecule has 20 heavy (non-hydrogen) atoms. The van der Waals surface area contributed by atoms with E-state index in [1.165, 1.54) is 4.90 Å². The van der Waals surface area contributed by atoms with Gasteiger partial charge < -0.3 is 20.1 Å². The molecule has 0 saturated carbocycles. The number of rotatable bonds is 3. The number of nitrogens with zero attached hydrogens (tertiary/aromatic N) is 2. The Balaban J connectivity index is 1.97. The van der Waals surface area contributed by atoms with Crippen molar-refractivity contribution in [2.24, 2.45) is 0 Å². The quantitative estimate of drug-likeness (QED) is 0.565. The van der Waals surface area contributed by atoms with Gasteiger partial charge in [0.2, 0.25) is 5.91 Å². The molecular formula is C11H18N4O5. The van der Waals surface area contributed by atoms with Gasteiger partial charge in [0.05, 0.1) is 19.6 Å². The molecule has 2 aliphatic rings. The second kappa shape index (κ2) is 6.53. The first-order chi connectivity index (χ1) is 9.58. The summed E-state index contributed by atoms with van der Waals surface area (Å²) in [7, 11) is 0. The van der Waals surface area contributed by atoms with Crippen molar-refractivity contribution in [1.82, 2.24) is 20.7 Å². The topological polar surface area (TPSA) is 111 Å². The van der Waals surface area contributed by atoms with Gasteiger partial charge in [-0.05, 0) is 0 Å². The zero-order valence-electron chi connectivity index (χ0n) is 11.0. The molecule has 112 valence electrons. The van der Waals surface area contributed by atoms with Gasteiger partial charge in [0.1, 0.15) is 6.04 Å². The molecule has 1 unspecified atom stereocenters. The Kier molecular flexibility index (Phi) is 4.74. The first-order valence-corrected chi connectivity index (χ1v) is 6.47. The maximum absolute atomic E-state index is 12.2. The number of nitrogens with one attached hydrogen (secondary N) is 2. The third kappa shape index (κ3) is 3.58. The summed E-state index contributed by atoms with van der Waals surface area (Å²) >= 11 is 0. The minimum atomic E-state index is -1.11. The number of hydrogen-bond donors (Lipinski definition) is 3. The van der Waals surface area contributed by atoms with Crippen LogP contribution in [0.25, 0.3) is 0 Å². The molecule has 1 atom stereocenters. The van der Waals surface area contributed by atoms with Crippen LogP contribution in [0.2, 0.25) is 0 Å². The number of hydrogen-bond acceptors (Lipinski definition) is 5. The Hall–Kier alpha value is -1.87. The van der Waals surface area contributed by atoms with E-state index in [0.717, 1.165) is 0 Å². The highest BCUT2D eigenvalue weighted by Crippen LogP contribution is 2.09. The summed E-state index contributed by atoms with van der Waals surface area (Å²) in [5.74, 6) is -1.55. The third-order valence-corrected chi connectivity index (χ3v) is 3.22. The Morgan fingerprint density at radius 3 is 2.70 bits per heavy atom. The van der Waals surface area contributed by atoms with Crippen LogP contribution in [0.15, 0.2) is 0 Å². The van der Waals surface area contributed by atoms with Gasteiger partial charge in [0.15, 0.2) is 0 Å². The largest absolute Gasteiger partial charge is 0.481 e. The van der Waals surface area contributed by atoms with Crippen LogP contribution < -0.4 is 10.7 Å². The minimum absolute atomic E-state index is 0.292. The molecule has 0 aromatic carbocycles. The molecule has 3 amide bonds. The van der Waals surface area contributed by atoms with Gasteiger partial charge in [-0.3, -0.25) is 15.0 Å². The maximum Gasteiger partial charge on any atom is 0.332 e. The fourth-order valence-electron chi connectivity index (χ4n) is 2.20. The number of morpholine rings is 1. The molecule has 2 saturated heterocycles. The average molecular weight is 286 g/mol. The lowest BCUT2D eigenvalue weighted by atomic mass is 10.1. The van der Waals surface area contributed by atoms with Crippen LogP contribution in [0.3, 0.4) is 0 Å². The van der Waals surface area contributed by atoms with Crippen LogP contribution in [0.4, 0.5) is 4.79 Å². The van der Waals surface area contributed by atoms with Crippen molar-refractivity contribution in [2.45, 2.75) is 12.5 Å². The Morgan fingerprint density at radius 2 is 2.05 bits per heavy atom. The van der Waals surface area contributed by atoms with E-state index < -0.39 is 30.4 Å². The first kappa shape index (κ1) is 14.5. The lowest BCUT2D eigenvalue weighted by Gasteiger charge is -2.36. The molecule has 0 aromatic heterocycles. The highest BCUT2D eigenvalue weighted by molar-refractivity contribution is 5.91. The van der Waals surface area contributed by atoms with Gasteiger partial charge >= 0.3 is 12.0 Å². The second-order valence-electron chi connectivity index (χ2n) is 4.61. The number of carboxylic acid groups (broad SMARTS) is 1. The first-order valence-electron chi connectivity index (χ1n) is 6.47. The van der Waals surface area contributed by atoms with Gasteiger partial charge in [-0.15, -0.1) is 0 Å². The summed E-state index contributed by atoms with van der Waals surface area (Å²) in [6, 6.07) is -1.42. The average Bonchev–Trinajstić information content (AvgIpc) is 2.41. The van der Waals surface area contributed by atoms with E-state index in [-0.39, 0.29) is 0 Å². The third-order valence-electron chi connectivity index (χ3n) is 3.22. The summed E-state index contributed by atoms with van der Waals surface area (Å²) in [5.41, 5.74) is 2.68. The molecule has 0 aliphatic carbocycles. The normalized spacial score (nSPS) is 24.1. The van der Waals surface area contributed by atoms with Crippen molar-refractivity contribution < 1.29 is 24.2 Å². The molecule has 0 radical (unpaired) electrons. The molecule has 0 aromatic rings. The van der Waals surface area contributed by atoms with E-state index in [1.54, 1.807) is 5.01 Å². The van der Waals surface area contributed by atoms with Crippen molar-refractivity contribution in [1.29, 1.82) is 0 Å². The Morgan fingerprint density at radius 1 is 1.35 bits per heavy atom. The summed E-state index contributed by atoms with van der Waals surface area (Å²) in [5, 5.41) is 13.1. The van der Waals surface area contributed by atoms with Gasteiger partial charge in [-0.25, -0.2) is 9.80 Å². The minimum Gasteiger partial charge on any atom is -0.481 e. The molecule has 2 fully saturated rings. The number of carbonyl (C=O) groups excluding carboxylic acids is 2. The van der Waals surface area contributed by atoms with E-state index in [9.17, 15) is 14.4 Å². The van der Waals surface area contributed by atoms with E-state index >= 15 is 0 Å². The molecular weight excluding hydrogens is 268 g/mol. The molecule has 3 N–H and O–H groups in total. The molecule has 9 heteroatoms. The summed E-state index contributed by atoms with van der Waals surface area (Å²) < 4.78 is 5.17. The number of amides is 3. The highest BCUT2D eigenvalue weighted by atomic mass is 16.5. The van der Waals surface area contributed by atoms with Crippen LogP contribution in [0, 0.1) is 0 Å². The lowest BCUT2D eigenvalue weighted by molar-refractivity contribution is -0.142. The molecule has 9 nitrogen and oxygen atoms in total. The molecule has 0 spiro atoms. The van der Waals surface area contributed by atoms with Crippen molar-refractivity contribution in [3.63, 3.8) is 0 Å². The number of urea groups is 1. The van der Waals surface area contributed by atoms with E-state index in [4.69, 9.17) is 9.84 Å². The summed E-state index contributed by atoms with van der Waals surface area (Å²) in [6.07, 6.45) is -0.400. The van der Waals surface area contributed by atoms with E-state index in [2.05, 4.69) is 10.7 Å². The monoisotopic (exact) mass is 286 g/mol. The lowest BCUT2D eigenvalue weighted by Crippen LogP contribution is -2.62. The van der Waals surface area contributed by atoms with Crippen LogP contribution in [0.5, 0.6) is 0 Å². The van der Waals surface area contributed by atoms with Crippen molar-refractivity contribution in [3.8, 4) is 0 Å². The predicted molar refractivity (Wildman–Crippen MR) is 66.7 cm³/mol. The Labute approximate surface area is 115 Å². The fraction of sp³-hybridized carbons (Fsp3) is 0.727. The van der Waals surface area contributed by atoms with Crippen LogP contribution >= 0.6 is 0 Å². The van der Waals surface area contributed by atoms with Crippen molar-refractivity contribution in [2.75, 3.05) is 39.4 Å². The molecule has 0 bridgehead atoms. The maximum atomic E-state index is 12.2. The van der Waals surface area contributed by atoms with Crippen LogP contribution in [-0.2, 0) is 14.3 Å². The van der Waals surface area contributed by atoms with Gasteiger partial charge in [0, 0.05) is 26.2 Å². The number of ether oxygens (including phenoxy) is 1. The van der Waals surface area contributed by atoms with Crippen molar-refractivity contribution >= 4 is 17.9 Å². The SMILES string of the molecule is O=C(O)CC1C(=O)NCCN1C(=O)NN1CCOCC1. The number of piperazine rings is 1. The van der Waals surface area contributed by atoms with Gasteiger partial charge in [0.25, 0.3) is 0 Å². The Bertz CT molecular complexity index is 396. The number of hydrazine groups is 1. The smallest absolute Gasteiger partial charge is 0.332 e. The van der Waals surface area contributed by atoms with Crippen molar-refractivity contribution in [3.05, 3.63) is 0 Å². The zero-order valence-corrected chi connectivity index (χ0v) is 11.0. The summed E-state index contributed by atoms with van der Waals surface area (Å²) in [4.78, 5) is 35.9. The van der Waals surface area contributed by atoms with Crippen LogP contribution in [-0.4, -0.2) is 78.4 Å². The number of carbonyl (C=O) groups is 3. The van der Waals surface area contributed by atoms with Gasteiger partial charge in [-0.2, -0.15) is 0 Å². The van der Waals surface area contributed by atoms with E-state index in [1.807, 2.05) is 0 Å².